The second-order valence-corrected chi connectivity index (χ2v) is 3.52. The molecule has 84 valence electrons. The molecule has 1 aliphatic heterocycles. The van der Waals surface area contributed by atoms with E-state index in [1.165, 1.54) is 12.1 Å². The Bertz CT molecular complexity index is 426. The predicted octanol–water partition coefficient (Wildman–Crippen LogP) is 0.513. The summed E-state index contributed by atoms with van der Waals surface area (Å²) in [4.78, 5) is 22.5. The van der Waals surface area contributed by atoms with Crippen molar-refractivity contribution in [1.82, 2.24) is 5.32 Å². The molecule has 0 aliphatic carbocycles. The highest BCUT2D eigenvalue weighted by atomic mass is 16.6. The summed E-state index contributed by atoms with van der Waals surface area (Å²) in [6.07, 6.45) is 0.0842. The SMILES string of the molecule is O=C(O)c1ccccc1C(=O)NC[C@@H]1CO1. The lowest BCUT2D eigenvalue weighted by molar-refractivity contribution is 0.0691. The van der Waals surface area contributed by atoms with E-state index in [2.05, 4.69) is 5.32 Å². The van der Waals surface area contributed by atoms with E-state index in [9.17, 15) is 9.59 Å². The fraction of sp³-hybridized carbons (Fsp3) is 0.273. The summed E-state index contributed by atoms with van der Waals surface area (Å²) in [7, 11) is 0. The number of carboxylic acids is 1. The van der Waals surface area contributed by atoms with Crippen molar-refractivity contribution >= 4 is 11.9 Å². The van der Waals surface area contributed by atoms with Crippen molar-refractivity contribution in [3.63, 3.8) is 0 Å². The van der Waals surface area contributed by atoms with Crippen LogP contribution in [0.5, 0.6) is 0 Å². The van der Waals surface area contributed by atoms with Gasteiger partial charge in [-0.1, -0.05) is 12.1 Å². The molecule has 0 radical (unpaired) electrons. The molecule has 1 aliphatic rings. The van der Waals surface area contributed by atoms with E-state index in [1.54, 1.807) is 12.1 Å². The number of amides is 1. The third kappa shape index (κ3) is 2.38. The van der Waals surface area contributed by atoms with Crippen LogP contribution < -0.4 is 5.32 Å². The summed E-state index contributed by atoms with van der Waals surface area (Å²) in [5.41, 5.74) is 0.187. The first-order chi connectivity index (χ1) is 7.68. The molecule has 1 aromatic rings. The molecular weight excluding hydrogens is 210 g/mol. The van der Waals surface area contributed by atoms with Crippen LogP contribution >= 0.6 is 0 Å². The summed E-state index contributed by atoms with van der Waals surface area (Å²) >= 11 is 0. The van der Waals surface area contributed by atoms with Gasteiger partial charge in [0.05, 0.1) is 23.8 Å². The monoisotopic (exact) mass is 221 g/mol. The number of carboxylic acid groups (broad SMARTS) is 1. The molecule has 5 nitrogen and oxygen atoms in total. The molecule has 0 unspecified atom stereocenters. The van der Waals surface area contributed by atoms with Crippen LogP contribution in [0.1, 0.15) is 20.7 Å². The van der Waals surface area contributed by atoms with Crippen LogP contribution in [0.2, 0.25) is 0 Å². The van der Waals surface area contributed by atoms with Gasteiger partial charge in [0.25, 0.3) is 5.91 Å². The average Bonchev–Trinajstić information content (AvgIpc) is 3.09. The van der Waals surface area contributed by atoms with Gasteiger partial charge < -0.3 is 15.2 Å². The first-order valence-corrected chi connectivity index (χ1v) is 4.90. The van der Waals surface area contributed by atoms with Gasteiger partial charge in [0.15, 0.2) is 0 Å². The Morgan fingerprint density at radius 1 is 1.38 bits per heavy atom. The highest BCUT2D eigenvalue weighted by molar-refractivity contribution is 6.04. The normalized spacial score (nSPS) is 17.9. The first kappa shape index (κ1) is 10.6. The highest BCUT2D eigenvalue weighted by Gasteiger charge is 2.24. The van der Waals surface area contributed by atoms with Crippen molar-refractivity contribution in [2.24, 2.45) is 0 Å². The number of epoxide rings is 1. The van der Waals surface area contributed by atoms with Gasteiger partial charge in [0.1, 0.15) is 0 Å². The van der Waals surface area contributed by atoms with E-state index in [1.807, 2.05) is 0 Å². The number of carbonyl (C=O) groups is 2. The molecule has 1 fully saturated rings. The molecule has 1 amide bonds. The minimum Gasteiger partial charge on any atom is -0.478 e. The number of carbonyl (C=O) groups excluding carboxylic acids is 1. The van der Waals surface area contributed by atoms with E-state index in [0.717, 1.165) is 0 Å². The number of hydrogen-bond acceptors (Lipinski definition) is 3. The third-order valence-electron chi connectivity index (χ3n) is 2.29. The lowest BCUT2D eigenvalue weighted by Crippen LogP contribution is -2.28. The molecule has 1 saturated heterocycles. The fourth-order valence-corrected chi connectivity index (χ4v) is 1.36. The largest absolute Gasteiger partial charge is 0.478 e. The maximum Gasteiger partial charge on any atom is 0.336 e. The fourth-order valence-electron chi connectivity index (χ4n) is 1.36. The van der Waals surface area contributed by atoms with Gasteiger partial charge in [-0.25, -0.2) is 4.79 Å². The average molecular weight is 221 g/mol. The van der Waals surface area contributed by atoms with Gasteiger partial charge in [0, 0.05) is 6.54 Å². The van der Waals surface area contributed by atoms with Gasteiger partial charge in [-0.05, 0) is 12.1 Å². The molecule has 0 bridgehead atoms. The molecule has 2 rings (SSSR count). The second kappa shape index (κ2) is 4.32. The predicted molar refractivity (Wildman–Crippen MR) is 55.5 cm³/mol. The van der Waals surface area contributed by atoms with E-state index < -0.39 is 5.97 Å². The molecule has 1 heterocycles. The summed E-state index contributed by atoms with van der Waals surface area (Å²) in [5.74, 6) is -1.48. The number of benzene rings is 1. The van der Waals surface area contributed by atoms with Gasteiger partial charge in [0.2, 0.25) is 0 Å². The minimum atomic E-state index is -1.10. The lowest BCUT2D eigenvalue weighted by Gasteiger charge is -2.05. The van der Waals surface area contributed by atoms with E-state index in [-0.39, 0.29) is 23.1 Å². The van der Waals surface area contributed by atoms with Gasteiger partial charge in [-0.2, -0.15) is 0 Å². The van der Waals surface area contributed by atoms with Crippen LogP contribution in [0.3, 0.4) is 0 Å². The number of rotatable bonds is 4. The Labute approximate surface area is 92.0 Å². The maximum absolute atomic E-state index is 11.7. The maximum atomic E-state index is 11.7. The standard InChI is InChI=1S/C11H11NO4/c13-10(12-5-7-6-16-7)8-3-1-2-4-9(8)11(14)15/h1-4,7H,5-6H2,(H,12,13)(H,14,15)/t7-/m1/s1. The van der Waals surface area contributed by atoms with Crippen molar-refractivity contribution in [2.45, 2.75) is 6.10 Å². The minimum absolute atomic E-state index is 0.0108. The number of ether oxygens (including phenoxy) is 1. The molecule has 16 heavy (non-hydrogen) atoms. The molecule has 0 aromatic heterocycles. The van der Waals surface area contributed by atoms with Crippen LogP contribution in [0, 0.1) is 0 Å². The summed E-state index contributed by atoms with van der Waals surface area (Å²) in [6, 6.07) is 6.12. The molecule has 0 saturated carbocycles. The van der Waals surface area contributed by atoms with Crippen molar-refractivity contribution in [2.75, 3.05) is 13.2 Å². The zero-order chi connectivity index (χ0) is 11.5. The van der Waals surface area contributed by atoms with Crippen LogP contribution in [0.25, 0.3) is 0 Å². The Balaban J connectivity index is 2.11. The van der Waals surface area contributed by atoms with Crippen molar-refractivity contribution in [1.29, 1.82) is 0 Å². The van der Waals surface area contributed by atoms with Crippen LogP contribution in [0.15, 0.2) is 24.3 Å². The van der Waals surface area contributed by atoms with Crippen molar-refractivity contribution < 1.29 is 19.4 Å². The quantitative estimate of drug-likeness (QED) is 0.726. The second-order valence-electron chi connectivity index (χ2n) is 3.52. The molecule has 2 N–H and O–H groups in total. The van der Waals surface area contributed by atoms with Gasteiger partial charge in [-0.3, -0.25) is 4.79 Å². The molecule has 1 aromatic carbocycles. The Morgan fingerprint density at radius 2 is 2.00 bits per heavy atom. The molecule has 5 heteroatoms. The van der Waals surface area contributed by atoms with Gasteiger partial charge >= 0.3 is 5.97 Å². The molecular formula is C11H11NO4. The van der Waals surface area contributed by atoms with E-state index in [0.29, 0.717) is 13.2 Å². The van der Waals surface area contributed by atoms with Gasteiger partial charge in [-0.15, -0.1) is 0 Å². The summed E-state index contributed by atoms with van der Waals surface area (Å²) in [5, 5.41) is 11.5. The smallest absolute Gasteiger partial charge is 0.336 e. The van der Waals surface area contributed by atoms with E-state index >= 15 is 0 Å². The van der Waals surface area contributed by atoms with Crippen LogP contribution in [-0.4, -0.2) is 36.2 Å². The van der Waals surface area contributed by atoms with Crippen LogP contribution in [-0.2, 0) is 4.74 Å². The van der Waals surface area contributed by atoms with Crippen molar-refractivity contribution in [3.05, 3.63) is 35.4 Å². The van der Waals surface area contributed by atoms with Crippen molar-refractivity contribution in [3.8, 4) is 0 Å². The summed E-state index contributed by atoms with van der Waals surface area (Å²) < 4.78 is 4.94. The third-order valence-corrected chi connectivity index (χ3v) is 2.29. The zero-order valence-corrected chi connectivity index (χ0v) is 8.47. The molecule has 0 spiro atoms. The summed E-state index contributed by atoms with van der Waals surface area (Å²) in [6.45, 7) is 1.08. The number of hydrogen-bond donors (Lipinski definition) is 2. The number of nitrogens with one attached hydrogen (secondary N) is 1. The Hall–Kier alpha value is -1.88. The topological polar surface area (TPSA) is 78.9 Å². The first-order valence-electron chi connectivity index (χ1n) is 4.90. The van der Waals surface area contributed by atoms with Crippen LogP contribution in [0.4, 0.5) is 0 Å². The Morgan fingerprint density at radius 3 is 2.56 bits per heavy atom. The molecule has 1 atom stereocenters. The zero-order valence-electron chi connectivity index (χ0n) is 8.47. The number of aromatic carboxylic acids is 1. The lowest BCUT2D eigenvalue weighted by atomic mass is 10.1. The Kier molecular flexibility index (Phi) is 2.87. The highest BCUT2D eigenvalue weighted by Crippen LogP contribution is 2.10. The van der Waals surface area contributed by atoms with E-state index in [4.69, 9.17) is 9.84 Å².